The lowest BCUT2D eigenvalue weighted by atomic mass is 9.86. The van der Waals surface area contributed by atoms with Gasteiger partial charge in [0.25, 0.3) is 0 Å². The standard InChI is InChI=1S/C38H37Cl2F2N5O4S/c1-38(2,49)14-13-26-9-10-28(29-11-12-31(39)34-32(21-52(4,50)51)44-46(3)36(29)34)35(43-26)23(15-22-16-24(41)19-25(42)17-22)18-27(48)20-47-33-8-6-5-7-30(33)37(40)45-47/h9-12,16-17,19,23,49H,5-8,15,18,20-21H2,1-4H3/t23-/m1/s1. The molecule has 0 saturated heterocycles. The van der Waals surface area contributed by atoms with Gasteiger partial charge in [-0.15, -0.1) is 0 Å². The Bertz CT molecular complexity index is 2370. The number of ketones is 1. The van der Waals surface area contributed by atoms with Crippen LogP contribution < -0.4 is 0 Å². The van der Waals surface area contributed by atoms with E-state index in [2.05, 4.69) is 22.0 Å². The van der Waals surface area contributed by atoms with Gasteiger partial charge in [-0.3, -0.25) is 14.2 Å². The molecule has 1 aliphatic rings. The first-order valence-corrected chi connectivity index (χ1v) is 19.6. The molecule has 3 aromatic heterocycles. The van der Waals surface area contributed by atoms with E-state index in [1.807, 2.05) is 0 Å². The lowest BCUT2D eigenvalue weighted by Gasteiger charge is -2.21. The Morgan fingerprint density at radius 1 is 1.04 bits per heavy atom. The predicted molar refractivity (Wildman–Crippen MR) is 197 cm³/mol. The second-order valence-corrected chi connectivity index (χ2v) is 16.8. The maximum atomic E-state index is 14.5. The molecule has 52 heavy (non-hydrogen) atoms. The van der Waals surface area contributed by atoms with Gasteiger partial charge in [-0.05, 0) is 87.8 Å². The molecule has 0 amide bonds. The van der Waals surface area contributed by atoms with Crippen LogP contribution in [-0.4, -0.2) is 55.7 Å². The third-order valence-electron chi connectivity index (χ3n) is 8.92. The number of nitrogens with zero attached hydrogens (tertiary/aromatic N) is 5. The highest BCUT2D eigenvalue weighted by Gasteiger charge is 2.28. The molecule has 6 rings (SSSR count). The van der Waals surface area contributed by atoms with Crippen LogP contribution in [0.4, 0.5) is 8.78 Å². The molecule has 1 aliphatic carbocycles. The number of hydrogen-bond acceptors (Lipinski definition) is 7. The van der Waals surface area contributed by atoms with Crippen molar-refractivity contribution in [2.24, 2.45) is 7.05 Å². The van der Waals surface area contributed by atoms with Gasteiger partial charge in [0.05, 0.1) is 34.2 Å². The maximum absolute atomic E-state index is 14.5. The molecule has 272 valence electrons. The molecule has 3 heterocycles. The van der Waals surface area contributed by atoms with Gasteiger partial charge in [-0.2, -0.15) is 10.2 Å². The van der Waals surface area contributed by atoms with Crippen LogP contribution in [-0.2, 0) is 53.2 Å². The fraction of sp³-hybridized carbons (Fsp3) is 0.368. The predicted octanol–water partition coefficient (Wildman–Crippen LogP) is 6.95. The monoisotopic (exact) mass is 767 g/mol. The Hall–Kier alpha value is -4.15. The molecule has 0 aliphatic heterocycles. The van der Waals surface area contributed by atoms with Crippen LogP contribution in [0.15, 0.2) is 42.5 Å². The Morgan fingerprint density at radius 2 is 1.73 bits per heavy atom. The number of hydrogen-bond donors (Lipinski definition) is 1. The van der Waals surface area contributed by atoms with E-state index in [0.717, 1.165) is 49.3 Å². The van der Waals surface area contributed by atoms with Crippen molar-refractivity contribution >= 4 is 49.7 Å². The summed E-state index contributed by atoms with van der Waals surface area (Å²) >= 11 is 13.1. The molecule has 14 heteroatoms. The van der Waals surface area contributed by atoms with E-state index >= 15 is 0 Å². The molecular formula is C38H37Cl2F2N5O4S. The lowest BCUT2D eigenvalue weighted by Crippen LogP contribution is -2.20. The summed E-state index contributed by atoms with van der Waals surface area (Å²) in [5.41, 5.74) is 3.52. The highest BCUT2D eigenvalue weighted by molar-refractivity contribution is 7.89. The summed E-state index contributed by atoms with van der Waals surface area (Å²) in [7, 11) is -1.80. The Morgan fingerprint density at radius 3 is 2.42 bits per heavy atom. The SMILES string of the molecule is Cn1nc(CS(C)(=O)=O)c2c(Cl)ccc(-c3ccc(C#CC(C)(C)O)nc3[C@@H](CC(=O)Cn3nc(Cl)c4c3CCCC4)Cc3cc(F)cc(F)c3)c21. The molecule has 2 aromatic carbocycles. The van der Waals surface area contributed by atoms with Crippen molar-refractivity contribution in [1.82, 2.24) is 24.5 Å². The summed E-state index contributed by atoms with van der Waals surface area (Å²) in [5.74, 6) is 2.88. The van der Waals surface area contributed by atoms with Crippen LogP contribution in [0.5, 0.6) is 0 Å². The Kier molecular flexibility index (Phi) is 10.6. The topological polar surface area (TPSA) is 120 Å². The quantitative estimate of drug-likeness (QED) is 0.153. The summed E-state index contributed by atoms with van der Waals surface area (Å²) in [5, 5.41) is 20.5. The molecule has 0 bridgehead atoms. The van der Waals surface area contributed by atoms with E-state index in [1.165, 1.54) is 26.0 Å². The summed E-state index contributed by atoms with van der Waals surface area (Å²) in [6, 6.07) is 10.1. The minimum absolute atomic E-state index is 0.0300. The first-order chi connectivity index (χ1) is 24.5. The first-order valence-electron chi connectivity index (χ1n) is 16.7. The van der Waals surface area contributed by atoms with E-state index in [-0.39, 0.29) is 36.6 Å². The van der Waals surface area contributed by atoms with Crippen molar-refractivity contribution in [3.63, 3.8) is 0 Å². The van der Waals surface area contributed by atoms with Crippen molar-refractivity contribution in [3.05, 3.63) is 98.2 Å². The van der Waals surface area contributed by atoms with Crippen LogP contribution in [0, 0.1) is 23.5 Å². The van der Waals surface area contributed by atoms with E-state index in [9.17, 15) is 27.1 Å². The number of carbonyl (C=O) groups excluding carboxylic acids is 1. The average molecular weight is 769 g/mol. The van der Waals surface area contributed by atoms with Crippen molar-refractivity contribution in [3.8, 4) is 23.0 Å². The number of Topliss-reactive ketones (excluding diaryl/α,β-unsaturated/α-hetero) is 1. The van der Waals surface area contributed by atoms with Gasteiger partial charge in [-0.25, -0.2) is 22.2 Å². The molecule has 0 spiro atoms. The van der Waals surface area contributed by atoms with E-state index in [0.29, 0.717) is 49.2 Å². The van der Waals surface area contributed by atoms with Crippen LogP contribution in [0.1, 0.15) is 72.9 Å². The molecule has 1 atom stereocenters. The third kappa shape index (κ3) is 8.55. The Labute approximate surface area is 310 Å². The normalized spacial score (nSPS) is 13.9. The smallest absolute Gasteiger partial charge is 0.154 e. The number of aliphatic hydroxyl groups is 1. The number of aromatic nitrogens is 5. The molecule has 0 saturated carbocycles. The van der Waals surface area contributed by atoms with Gasteiger partial charge in [0.2, 0.25) is 0 Å². The second-order valence-electron chi connectivity index (χ2n) is 13.9. The summed E-state index contributed by atoms with van der Waals surface area (Å²) in [4.78, 5) is 18.9. The summed E-state index contributed by atoms with van der Waals surface area (Å²) < 4.78 is 57.0. The van der Waals surface area contributed by atoms with Crippen LogP contribution in [0.3, 0.4) is 0 Å². The zero-order chi connectivity index (χ0) is 37.5. The molecular weight excluding hydrogens is 731 g/mol. The molecule has 0 radical (unpaired) electrons. The number of aryl methyl sites for hydroxylation is 1. The number of rotatable bonds is 10. The Balaban J connectivity index is 1.53. The van der Waals surface area contributed by atoms with E-state index in [1.54, 1.807) is 40.7 Å². The fourth-order valence-corrected chi connectivity index (χ4v) is 8.12. The van der Waals surface area contributed by atoms with Gasteiger partial charge in [0.15, 0.2) is 20.8 Å². The number of carbonyl (C=O) groups is 1. The first kappa shape index (κ1) is 37.6. The molecule has 0 unspecified atom stereocenters. The van der Waals surface area contributed by atoms with E-state index < -0.39 is 33.0 Å². The largest absolute Gasteiger partial charge is 0.378 e. The zero-order valence-corrected chi connectivity index (χ0v) is 31.4. The highest BCUT2D eigenvalue weighted by Crippen LogP contribution is 2.40. The number of benzene rings is 2. The maximum Gasteiger partial charge on any atom is 0.154 e. The number of halogens is 4. The molecule has 0 fully saturated rings. The summed E-state index contributed by atoms with van der Waals surface area (Å²) in [6.45, 7) is 3.02. The minimum Gasteiger partial charge on any atom is -0.378 e. The lowest BCUT2D eigenvalue weighted by molar-refractivity contribution is -0.120. The van der Waals surface area contributed by atoms with Gasteiger partial charge in [0, 0.05) is 59.5 Å². The van der Waals surface area contributed by atoms with Crippen molar-refractivity contribution in [2.45, 2.75) is 76.2 Å². The molecule has 9 nitrogen and oxygen atoms in total. The second kappa shape index (κ2) is 14.7. The highest BCUT2D eigenvalue weighted by atomic mass is 35.5. The zero-order valence-electron chi connectivity index (χ0n) is 29.1. The van der Waals surface area contributed by atoms with Gasteiger partial charge in [0.1, 0.15) is 22.9 Å². The number of sulfone groups is 1. The number of fused-ring (bicyclic) bond motifs is 2. The minimum atomic E-state index is -3.48. The van der Waals surface area contributed by atoms with Gasteiger partial charge < -0.3 is 5.11 Å². The third-order valence-corrected chi connectivity index (χ3v) is 10.3. The van der Waals surface area contributed by atoms with Crippen molar-refractivity contribution in [1.29, 1.82) is 0 Å². The molecule has 1 N–H and O–H groups in total. The van der Waals surface area contributed by atoms with Crippen LogP contribution in [0.2, 0.25) is 10.2 Å². The van der Waals surface area contributed by atoms with Crippen LogP contribution in [0.25, 0.3) is 22.0 Å². The summed E-state index contributed by atoms with van der Waals surface area (Å²) in [6.07, 6.45) is 4.54. The van der Waals surface area contributed by atoms with Crippen LogP contribution >= 0.6 is 23.2 Å². The molecule has 5 aromatic rings. The van der Waals surface area contributed by atoms with Crippen molar-refractivity contribution in [2.75, 3.05) is 6.26 Å². The van der Waals surface area contributed by atoms with Gasteiger partial charge >= 0.3 is 0 Å². The van der Waals surface area contributed by atoms with Crippen molar-refractivity contribution < 1.29 is 27.1 Å². The fourth-order valence-electron chi connectivity index (χ4n) is 6.86. The van der Waals surface area contributed by atoms with E-state index in [4.69, 9.17) is 28.2 Å². The average Bonchev–Trinajstić information content (AvgIpc) is 3.54. The van der Waals surface area contributed by atoms with Gasteiger partial charge in [-0.1, -0.05) is 35.2 Å². The number of pyridine rings is 1.